The number of hydrogen-bond donors (Lipinski definition) is 0. The minimum atomic E-state index is -0.135. The van der Waals surface area contributed by atoms with Crippen molar-refractivity contribution in [2.45, 2.75) is 26.7 Å². The van der Waals surface area contributed by atoms with Crippen molar-refractivity contribution in [1.82, 2.24) is 5.32 Å². The summed E-state index contributed by atoms with van der Waals surface area (Å²) in [7, 11) is 0. The highest BCUT2D eigenvalue weighted by molar-refractivity contribution is 5.69. The topological polar surface area (TPSA) is 40.4 Å². The first-order valence-corrected chi connectivity index (χ1v) is 4.10. The summed E-state index contributed by atoms with van der Waals surface area (Å²) in [5.41, 5.74) is 0. The van der Waals surface area contributed by atoms with Crippen LogP contribution in [0.25, 0.3) is 0 Å². The van der Waals surface area contributed by atoms with Crippen LogP contribution >= 0.6 is 0 Å². The van der Waals surface area contributed by atoms with E-state index in [9.17, 15) is 4.79 Å². The Bertz CT molecular complexity index is 104. The average Bonchev–Trinajstić information content (AvgIpc) is 2.01. The molecule has 0 amide bonds. The van der Waals surface area contributed by atoms with Gasteiger partial charge in [0.2, 0.25) is 0 Å². The summed E-state index contributed by atoms with van der Waals surface area (Å²) in [6.07, 6.45) is 1.31. The third-order valence-electron chi connectivity index (χ3n) is 1.16. The molecule has 0 bridgehead atoms. The summed E-state index contributed by atoms with van der Waals surface area (Å²) in [4.78, 5) is 10.8. The SMILES string of the molecule is CCCOC(=O)CC[N]CC. The lowest BCUT2D eigenvalue weighted by Gasteiger charge is -2.01. The van der Waals surface area contributed by atoms with Gasteiger partial charge in [-0.1, -0.05) is 13.8 Å². The third kappa shape index (κ3) is 7.33. The standard InChI is InChI=1S/C8H16NO2/c1-3-7-11-8(10)5-6-9-4-2/h3-7H2,1-2H3. The van der Waals surface area contributed by atoms with Crippen molar-refractivity contribution in [3.05, 3.63) is 0 Å². The van der Waals surface area contributed by atoms with Gasteiger partial charge in [0, 0.05) is 13.1 Å². The lowest BCUT2D eigenvalue weighted by atomic mass is 10.4. The van der Waals surface area contributed by atoms with Crippen LogP contribution in [0.4, 0.5) is 0 Å². The van der Waals surface area contributed by atoms with Gasteiger partial charge in [-0.15, -0.1) is 0 Å². The molecule has 0 aliphatic rings. The van der Waals surface area contributed by atoms with E-state index in [2.05, 4.69) is 5.32 Å². The van der Waals surface area contributed by atoms with E-state index in [1.165, 1.54) is 0 Å². The molecule has 0 fully saturated rings. The van der Waals surface area contributed by atoms with E-state index in [0.29, 0.717) is 19.6 Å². The van der Waals surface area contributed by atoms with E-state index < -0.39 is 0 Å². The molecule has 0 aromatic rings. The van der Waals surface area contributed by atoms with Crippen molar-refractivity contribution in [2.75, 3.05) is 19.7 Å². The van der Waals surface area contributed by atoms with Gasteiger partial charge in [0.25, 0.3) is 0 Å². The van der Waals surface area contributed by atoms with Crippen molar-refractivity contribution in [3.8, 4) is 0 Å². The second-order valence-electron chi connectivity index (χ2n) is 2.23. The molecule has 1 radical (unpaired) electrons. The van der Waals surface area contributed by atoms with Crippen LogP contribution in [0, 0.1) is 0 Å². The van der Waals surface area contributed by atoms with E-state index >= 15 is 0 Å². The summed E-state index contributed by atoms with van der Waals surface area (Å²) in [5, 5.41) is 4.02. The van der Waals surface area contributed by atoms with Gasteiger partial charge in [-0.25, -0.2) is 5.32 Å². The quantitative estimate of drug-likeness (QED) is 0.426. The molecule has 0 aromatic heterocycles. The molecular formula is C8H16NO2. The first-order valence-electron chi connectivity index (χ1n) is 4.10. The molecule has 3 nitrogen and oxygen atoms in total. The minimum Gasteiger partial charge on any atom is -0.466 e. The van der Waals surface area contributed by atoms with E-state index in [1.54, 1.807) is 0 Å². The van der Waals surface area contributed by atoms with Gasteiger partial charge in [0.05, 0.1) is 13.0 Å². The smallest absolute Gasteiger partial charge is 0.307 e. The van der Waals surface area contributed by atoms with Crippen molar-refractivity contribution in [2.24, 2.45) is 0 Å². The van der Waals surface area contributed by atoms with Gasteiger partial charge < -0.3 is 4.74 Å². The van der Waals surface area contributed by atoms with Crippen molar-refractivity contribution in [3.63, 3.8) is 0 Å². The molecule has 0 aliphatic heterocycles. The fourth-order valence-electron chi connectivity index (χ4n) is 0.617. The van der Waals surface area contributed by atoms with Gasteiger partial charge in [-0.2, -0.15) is 0 Å². The molecule has 0 N–H and O–H groups in total. The number of nitrogens with zero attached hydrogens (tertiary/aromatic N) is 1. The molecular weight excluding hydrogens is 142 g/mol. The monoisotopic (exact) mass is 158 g/mol. The predicted molar refractivity (Wildman–Crippen MR) is 43.4 cm³/mol. The van der Waals surface area contributed by atoms with Crippen LogP contribution in [0.2, 0.25) is 0 Å². The number of carbonyl (C=O) groups excluding carboxylic acids is 1. The Morgan fingerprint density at radius 3 is 2.73 bits per heavy atom. The number of hydrogen-bond acceptors (Lipinski definition) is 2. The van der Waals surface area contributed by atoms with Gasteiger partial charge >= 0.3 is 5.97 Å². The van der Waals surface area contributed by atoms with Crippen LogP contribution < -0.4 is 5.32 Å². The molecule has 0 atom stereocenters. The van der Waals surface area contributed by atoms with Crippen molar-refractivity contribution >= 4 is 5.97 Å². The van der Waals surface area contributed by atoms with Crippen LogP contribution in [-0.4, -0.2) is 25.7 Å². The average molecular weight is 158 g/mol. The Balaban J connectivity index is 3.09. The highest BCUT2D eigenvalue weighted by atomic mass is 16.5. The normalized spacial score (nSPS) is 9.64. The van der Waals surface area contributed by atoms with Gasteiger partial charge in [0.1, 0.15) is 0 Å². The molecule has 0 unspecified atom stereocenters. The molecule has 0 saturated carbocycles. The highest BCUT2D eigenvalue weighted by Crippen LogP contribution is 1.87. The third-order valence-corrected chi connectivity index (χ3v) is 1.16. The Morgan fingerprint density at radius 1 is 1.45 bits per heavy atom. The molecule has 0 saturated heterocycles. The lowest BCUT2D eigenvalue weighted by Crippen LogP contribution is -2.13. The van der Waals surface area contributed by atoms with Gasteiger partial charge in [-0.05, 0) is 6.42 Å². The maximum absolute atomic E-state index is 10.8. The maximum atomic E-state index is 10.8. The largest absolute Gasteiger partial charge is 0.466 e. The van der Waals surface area contributed by atoms with Gasteiger partial charge in [0.15, 0.2) is 0 Å². The molecule has 0 aromatic carbocycles. The van der Waals surface area contributed by atoms with Gasteiger partial charge in [-0.3, -0.25) is 4.79 Å². The Hall–Kier alpha value is -0.570. The number of esters is 1. The molecule has 11 heavy (non-hydrogen) atoms. The highest BCUT2D eigenvalue weighted by Gasteiger charge is 1.99. The van der Waals surface area contributed by atoms with Crippen LogP contribution in [0.3, 0.4) is 0 Å². The molecule has 0 rings (SSSR count). The summed E-state index contributed by atoms with van der Waals surface area (Å²) >= 11 is 0. The Kier molecular flexibility index (Phi) is 7.15. The summed E-state index contributed by atoms with van der Waals surface area (Å²) in [5.74, 6) is -0.135. The Morgan fingerprint density at radius 2 is 2.18 bits per heavy atom. The molecule has 0 heterocycles. The first-order chi connectivity index (χ1) is 5.31. The van der Waals surface area contributed by atoms with Crippen molar-refractivity contribution in [1.29, 1.82) is 0 Å². The number of carbonyl (C=O) groups is 1. The predicted octanol–water partition coefficient (Wildman–Crippen LogP) is 0.954. The second kappa shape index (κ2) is 7.54. The summed E-state index contributed by atoms with van der Waals surface area (Å²) in [6, 6.07) is 0. The molecule has 3 heteroatoms. The molecule has 0 spiro atoms. The zero-order chi connectivity index (χ0) is 8.53. The summed E-state index contributed by atoms with van der Waals surface area (Å²) < 4.78 is 4.84. The zero-order valence-corrected chi connectivity index (χ0v) is 7.30. The Labute approximate surface area is 68.1 Å². The fourth-order valence-corrected chi connectivity index (χ4v) is 0.617. The van der Waals surface area contributed by atoms with E-state index in [4.69, 9.17) is 4.74 Å². The van der Waals surface area contributed by atoms with Crippen LogP contribution in [0.15, 0.2) is 0 Å². The zero-order valence-electron chi connectivity index (χ0n) is 7.30. The first kappa shape index (κ1) is 10.4. The molecule has 0 aliphatic carbocycles. The minimum absolute atomic E-state index is 0.135. The van der Waals surface area contributed by atoms with E-state index in [1.807, 2.05) is 13.8 Å². The molecule has 65 valence electrons. The fraction of sp³-hybridized carbons (Fsp3) is 0.875. The lowest BCUT2D eigenvalue weighted by molar-refractivity contribution is -0.143. The maximum Gasteiger partial charge on any atom is 0.307 e. The number of ether oxygens (including phenoxy) is 1. The van der Waals surface area contributed by atoms with Crippen molar-refractivity contribution < 1.29 is 9.53 Å². The van der Waals surface area contributed by atoms with Crippen LogP contribution in [0.1, 0.15) is 26.7 Å². The second-order valence-corrected chi connectivity index (χ2v) is 2.23. The summed E-state index contributed by atoms with van der Waals surface area (Å²) in [6.45, 7) is 5.84. The van der Waals surface area contributed by atoms with E-state index in [0.717, 1.165) is 13.0 Å². The van der Waals surface area contributed by atoms with E-state index in [-0.39, 0.29) is 5.97 Å². The van der Waals surface area contributed by atoms with Crippen LogP contribution in [-0.2, 0) is 9.53 Å². The number of rotatable bonds is 6. The van der Waals surface area contributed by atoms with Crippen LogP contribution in [0.5, 0.6) is 0 Å².